The summed E-state index contributed by atoms with van der Waals surface area (Å²) in [6, 6.07) is 15.2. The molecule has 0 unspecified atom stereocenters. The van der Waals surface area contributed by atoms with E-state index in [-0.39, 0.29) is 17.8 Å². The van der Waals surface area contributed by atoms with E-state index in [1.54, 1.807) is 13.2 Å². The van der Waals surface area contributed by atoms with E-state index in [1.165, 1.54) is 0 Å². The molecule has 2 aromatic carbocycles. The first kappa shape index (κ1) is 21.7. The predicted octanol–water partition coefficient (Wildman–Crippen LogP) is 2.78. The Morgan fingerprint density at radius 1 is 1.09 bits per heavy atom. The second-order valence-corrected chi connectivity index (χ2v) is 8.15. The molecule has 2 aromatic rings. The second kappa shape index (κ2) is 9.30. The lowest BCUT2D eigenvalue weighted by atomic mass is 9.87. The average molecular weight is 435 g/mol. The number of aliphatic imine (C=N–C) groups is 2. The van der Waals surface area contributed by atoms with E-state index in [2.05, 4.69) is 10.3 Å². The summed E-state index contributed by atoms with van der Waals surface area (Å²) in [5.41, 5.74) is 14.0. The number of anilines is 1. The van der Waals surface area contributed by atoms with E-state index in [0.717, 1.165) is 43.4 Å². The van der Waals surface area contributed by atoms with Crippen molar-refractivity contribution in [2.75, 3.05) is 18.6 Å². The highest BCUT2D eigenvalue weighted by Crippen LogP contribution is 2.40. The summed E-state index contributed by atoms with van der Waals surface area (Å²) in [6.45, 7) is 0.480. The van der Waals surface area contributed by atoms with Gasteiger partial charge in [0.15, 0.2) is 0 Å². The summed E-state index contributed by atoms with van der Waals surface area (Å²) in [6.07, 6.45) is 5.48. The fraction of sp³-hybridized carbons (Fsp3) is 0.375. The van der Waals surface area contributed by atoms with E-state index in [4.69, 9.17) is 21.2 Å². The highest BCUT2D eigenvalue weighted by molar-refractivity contribution is 6.10. The molecule has 8 heteroatoms. The normalized spacial score (nSPS) is 17.5. The molecule has 168 valence electrons. The molecule has 1 heterocycles. The highest BCUT2D eigenvalue weighted by Gasteiger charge is 2.43. The van der Waals surface area contributed by atoms with Crippen molar-refractivity contribution in [3.8, 4) is 5.75 Å². The van der Waals surface area contributed by atoms with Crippen molar-refractivity contribution in [1.29, 1.82) is 0 Å². The van der Waals surface area contributed by atoms with Crippen LogP contribution in [0.2, 0.25) is 0 Å². The van der Waals surface area contributed by atoms with E-state index in [9.17, 15) is 4.79 Å². The standard InChI is InChI=1S/C24H30N6O2/c1-32-20-12-6-3-9-17(20)13-16-27-21(31)18-10-4-5-11-19(18)30-23(26)28-22(25)29-24(30)14-7-2-8-15-24/h3-6,9-12H,2,7-8,13-16H2,1H3,(H,27,31)(H4,25,26,28,29). The molecule has 0 saturated heterocycles. The summed E-state index contributed by atoms with van der Waals surface area (Å²) in [5, 5.41) is 3.03. The van der Waals surface area contributed by atoms with Gasteiger partial charge in [-0.2, -0.15) is 4.99 Å². The molecular formula is C24H30N6O2. The number of nitrogens with one attached hydrogen (secondary N) is 1. The van der Waals surface area contributed by atoms with Crippen LogP contribution in [0.1, 0.15) is 48.0 Å². The zero-order valence-electron chi connectivity index (χ0n) is 18.4. The maximum Gasteiger partial charge on any atom is 0.253 e. The van der Waals surface area contributed by atoms with Gasteiger partial charge in [0.1, 0.15) is 11.4 Å². The molecule has 4 rings (SSSR count). The fourth-order valence-corrected chi connectivity index (χ4v) is 4.65. The van der Waals surface area contributed by atoms with Crippen molar-refractivity contribution in [1.82, 2.24) is 5.32 Å². The molecular weight excluding hydrogens is 404 g/mol. The summed E-state index contributed by atoms with van der Waals surface area (Å²) >= 11 is 0. The van der Waals surface area contributed by atoms with Crippen molar-refractivity contribution in [3.05, 3.63) is 59.7 Å². The Morgan fingerprint density at radius 2 is 1.81 bits per heavy atom. The van der Waals surface area contributed by atoms with Crippen molar-refractivity contribution < 1.29 is 9.53 Å². The summed E-state index contributed by atoms with van der Waals surface area (Å²) in [7, 11) is 1.65. The number of ether oxygens (including phenoxy) is 1. The molecule has 0 bridgehead atoms. The first-order chi connectivity index (χ1) is 15.5. The molecule has 1 aliphatic carbocycles. The number of carbonyl (C=O) groups is 1. The molecule has 0 aromatic heterocycles. The first-order valence-electron chi connectivity index (χ1n) is 11.0. The molecule has 32 heavy (non-hydrogen) atoms. The third-order valence-electron chi connectivity index (χ3n) is 6.11. The van der Waals surface area contributed by atoms with Crippen LogP contribution in [0.3, 0.4) is 0 Å². The summed E-state index contributed by atoms with van der Waals surface area (Å²) in [4.78, 5) is 24.0. The van der Waals surface area contributed by atoms with Gasteiger partial charge in [-0.25, -0.2) is 4.99 Å². The average Bonchev–Trinajstić information content (AvgIpc) is 2.79. The van der Waals surface area contributed by atoms with Gasteiger partial charge in [0, 0.05) is 6.54 Å². The molecule has 1 fully saturated rings. The number of hydrogen-bond acceptors (Lipinski definition) is 7. The lowest BCUT2D eigenvalue weighted by Gasteiger charge is -2.46. The molecule has 1 aliphatic heterocycles. The molecule has 1 amide bonds. The number of hydrogen-bond donors (Lipinski definition) is 3. The molecule has 0 atom stereocenters. The van der Waals surface area contributed by atoms with E-state index >= 15 is 0 Å². The Bertz CT molecular complexity index is 1040. The van der Waals surface area contributed by atoms with Crippen LogP contribution in [0.25, 0.3) is 0 Å². The maximum absolute atomic E-state index is 13.2. The number of amides is 1. The Morgan fingerprint density at radius 3 is 2.59 bits per heavy atom. The number of benzene rings is 2. The highest BCUT2D eigenvalue weighted by atomic mass is 16.5. The van der Waals surface area contributed by atoms with Crippen molar-refractivity contribution in [3.63, 3.8) is 0 Å². The monoisotopic (exact) mass is 434 g/mol. The molecule has 1 spiro atoms. The third kappa shape index (κ3) is 4.26. The Hall–Kier alpha value is -3.55. The second-order valence-electron chi connectivity index (χ2n) is 8.15. The van der Waals surface area contributed by atoms with Gasteiger partial charge >= 0.3 is 0 Å². The topological polar surface area (TPSA) is 118 Å². The van der Waals surface area contributed by atoms with E-state index in [0.29, 0.717) is 24.2 Å². The van der Waals surface area contributed by atoms with Gasteiger partial charge < -0.3 is 21.5 Å². The van der Waals surface area contributed by atoms with Crippen LogP contribution in [0.4, 0.5) is 5.69 Å². The number of methoxy groups -OCH3 is 1. The van der Waals surface area contributed by atoms with E-state index < -0.39 is 5.66 Å². The van der Waals surface area contributed by atoms with Gasteiger partial charge in [-0.1, -0.05) is 36.8 Å². The smallest absolute Gasteiger partial charge is 0.253 e. The first-order valence-corrected chi connectivity index (χ1v) is 11.0. The lowest BCUT2D eigenvalue weighted by Crippen LogP contribution is -2.58. The van der Waals surface area contributed by atoms with Crippen LogP contribution < -0.4 is 26.4 Å². The van der Waals surface area contributed by atoms with Crippen LogP contribution in [-0.4, -0.2) is 37.1 Å². The quantitative estimate of drug-likeness (QED) is 0.646. The fourth-order valence-electron chi connectivity index (χ4n) is 4.65. The Balaban J connectivity index is 1.57. The minimum absolute atomic E-state index is 0.170. The number of para-hydroxylation sites is 2. The van der Waals surface area contributed by atoms with Gasteiger partial charge in [0.2, 0.25) is 11.9 Å². The van der Waals surface area contributed by atoms with Gasteiger partial charge in [0.05, 0.1) is 18.4 Å². The number of guanidine groups is 2. The number of rotatable bonds is 6. The van der Waals surface area contributed by atoms with Crippen LogP contribution in [0.5, 0.6) is 5.75 Å². The van der Waals surface area contributed by atoms with Gasteiger partial charge in [0.25, 0.3) is 5.91 Å². The van der Waals surface area contributed by atoms with Crippen LogP contribution >= 0.6 is 0 Å². The molecule has 5 N–H and O–H groups in total. The maximum atomic E-state index is 13.2. The number of nitrogens with zero attached hydrogens (tertiary/aromatic N) is 3. The van der Waals surface area contributed by atoms with Gasteiger partial charge in [-0.05, 0) is 55.9 Å². The van der Waals surface area contributed by atoms with Crippen molar-refractivity contribution >= 4 is 23.5 Å². The molecule has 0 radical (unpaired) electrons. The minimum Gasteiger partial charge on any atom is -0.496 e. The zero-order chi connectivity index (χ0) is 22.6. The van der Waals surface area contributed by atoms with Crippen molar-refractivity contribution in [2.45, 2.75) is 44.2 Å². The zero-order valence-corrected chi connectivity index (χ0v) is 18.4. The lowest BCUT2D eigenvalue weighted by molar-refractivity contribution is 0.0954. The number of nitrogens with two attached hydrogens (primary N) is 2. The van der Waals surface area contributed by atoms with Crippen LogP contribution in [0, 0.1) is 0 Å². The van der Waals surface area contributed by atoms with Gasteiger partial charge in [-0.3, -0.25) is 9.69 Å². The van der Waals surface area contributed by atoms with Crippen LogP contribution in [-0.2, 0) is 6.42 Å². The SMILES string of the molecule is COc1ccccc1CCNC(=O)c1ccccc1N1C(N)=NC(N)=NC12CCCCC2. The third-order valence-corrected chi connectivity index (χ3v) is 6.11. The van der Waals surface area contributed by atoms with Crippen molar-refractivity contribution in [2.24, 2.45) is 21.5 Å². The largest absolute Gasteiger partial charge is 0.496 e. The molecule has 2 aliphatic rings. The Kier molecular flexibility index (Phi) is 6.30. The molecule has 1 saturated carbocycles. The molecule has 8 nitrogen and oxygen atoms in total. The number of carbonyl (C=O) groups excluding carboxylic acids is 1. The van der Waals surface area contributed by atoms with Crippen LogP contribution in [0.15, 0.2) is 58.5 Å². The predicted molar refractivity (Wildman–Crippen MR) is 127 cm³/mol. The minimum atomic E-state index is -0.595. The summed E-state index contributed by atoms with van der Waals surface area (Å²) < 4.78 is 5.40. The van der Waals surface area contributed by atoms with E-state index in [1.807, 2.05) is 47.4 Å². The summed E-state index contributed by atoms with van der Waals surface area (Å²) in [5.74, 6) is 1.11. The Labute approximate surface area is 188 Å². The van der Waals surface area contributed by atoms with Gasteiger partial charge in [-0.15, -0.1) is 0 Å².